The van der Waals surface area contributed by atoms with Crippen LogP contribution in [0, 0.1) is 18.8 Å². The van der Waals surface area contributed by atoms with Gasteiger partial charge in [-0.1, -0.05) is 29.7 Å². The van der Waals surface area contributed by atoms with Gasteiger partial charge in [0, 0.05) is 5.69 Å². The van der Waals surface area contributed by atoms with Crippen LogP contribution in [0.4, 0.5) is 16.3 Å². The molecular weight excluding hydrogens is 266 g/mol. The van der Waals surface area contributed by atoms with E-state index in [1.807, 2.05) is 31.2 Å². The summed E-state index contributed by atoms with van der Waals surface area (Å²) in [5, 5.41) is 14.0. The van der Waals surface area contributed by atoms with Gasteiger partial charge in [-0.15, -0.1) is 0 Å². The molecule has 21 heavy (non-hydrogen) atoms. The molecule has 0 spiro atoms. The van der Waals surface area contributed by atoms with Crippen molar-refractivity contribution in [2.24, 2.45) is 0 Å². The summed E-state index contributed by atoms with van der Waals surface area (Å²) in [6, 6.07) is 12.2. The lowest BCUT2D eigenvalue weighted by molar-refractivity contribution is 0.262. The average molecular weight is 281 g/mol. The molecule has 2 aromatic rings. The van der Waals surface area contributed by atoms with Crippen molar-refractivity contribution >= 4 is 17.5 Å². The quantitative estimate of drug-likeness (QED) is 0.740. The number of hydrogen-bond donors (Lipinski definition) is 3. The monoisotopic (exact) mass is 281 g/mol. The van der Waals surface area contributed by atoms with Crippen LogP contribution >= 0.6 is 0 Å². The highest BCUT2D eigenvalue weighted by Gasteiger charge is 2.03. The van der Waals surface area contributed by atoms with Gasteiger partial charge < -0.3 is 10.4 Å². The topological polar surface area (TPSA) is 74.2 Å². The van der Waals surface area contributed by atoms with E-state index in [-0.39, 0.29) is 12.6 Å². The lowest BCUT2D eigenvalue weighted by atomic mass is 10.2. The Morgan fingerprint density at radius 1 is 1.19 bits per heavy atom. The number of rotatable bonds is 2. The summed E-state index contributed by atoms with van der Waals surface area (Å²) >= 11 is 0. The van der Waals surface area contributed by atoms with Crippen LogP contribution in [0.5, 0.6) is 0 Å². The Balaban J connectivity index is 2.00. The molecular formula is C16H15N3O2. The zero-order valence-electron chi connectivity index (χ0n) is 11.6. The minimum absolute atomic E-state index is 0.229. The van der Waals surface area contributed by atoms with Gasteiger partial charge in [0.2, 0.25) is 0 Å². The zero-order valence-corrected chi connectivity index (χ0v) is 11.6. The van der Waals surface area contributed by atoms with Crippen LogP contribution in [0.2, 0.25) is 0 Å². The van der Waals surface area contributed by atoms with E-state index in [0.717, 1.165) is 5.56 Å². The predicted octanol–water partition coefficient (Wildman–Crippen LogP) is 2.38. The number of benzene rings is 1. The lowest BCUT2D eigenvalue weighted by Crippen LogP contribution is -2.20. The van der Waals surface area contributed by atoms with Crippen molar-refractivity contribution in [2.75, 3.05) is 17.2 Å². The van der Waals surface area contributed by atoms with Gasteiger partial charge in [-0.3, -0.25) is 5.32 Å². The summed E-state index contributed by atoms with van der Waals surface area (Å²) in [7, 11) is 0. The molecule has 5 heteroatoms. The minimum Gasteiger partial charge on any atom is -0.384 e. The minimum atomic E-state index is -0.376. The Morgan fingerprint density at radius 3 is 2.67 bits per heavy atom. The molecule has 0 saturated heterocycles. The number of aliphatic hydroxyl groups excluding tert-OH is 1. The molecule has 0 aliphatic heterocycles. The van der Waals surface area contributed by atoms with Crippen molar-refractivity contribution in [3.05, 3.63) is 53.7 Å². The van der Waals surface area contributed by atoms with Crippen molar-refractivity contribution in [1.29, 1.82) is 0 Å². The first kappa shape index (κ1) is 14.6. The second kappa shape index (κ2) is 7.08. The largest absolute Gasteiger partial charge is 0.384 e. The first-order valence-electron chi connectivity index (χ1n) is 6.39. The molecule has 0 atom stereocenters. The predicted molar refractivity (Wildman–Crippen MR) is 82.0 cm³/mol. The van der Waals surface area contributed by atoms with Crippen LogP contribution in [0.15, 0.2) is 42.5 Å². The molecule has 5 nitrogen and oxygen atoms in total. The molecule has 0 saturated carbocycles. The van der Waals surface area contributed by atoms with Crippen LogP contribution in [-0.2, 0) is 0 Å². The molecule has 0 aliphatic rings. The Labute approximate surface area is 123 Å². The maximum atomic E-state index is 11.9. The third kappa shape index (κ3) is 4.64. The second-order valence-corrected chi connectivity index (χ2v) is 4.31. The van der Waals surface area contributed by atoms with Crippen molar-refractivity contribution < 1.29 is 9.90 Å². The molecule has 1 aromatic heterocycles. The Bertz CT molecular complexity index is 685. The first-order valence-corrected chi connectivity index (χ1v) is 6.39. The lowest BCUT2D eigenvalue weighted by Gasteiger charge is -2.07. The summed E-state index contributed by atoms with van der Waals surface area (Å²) in [5.74, 6) is 5.58. The number of aryl methyl sites for hydroxylation is 1. The molecule has 2 rings (SSSR count). The first-order chi connectivity index (χ1) is 10.2. The smallest absolute Gasteiger partial charge is 0.324 e. The third-order valence-electron chi connectivity index (χ3n) is 2.60. The third-order valence-corrected chi connectivity index (χ3v) is 2.60. The second-order valence-electron chi connectivity index (χ2n) is 4.31. The van der Waals surface area contributed by atoms with Crippen molar-refractivity contribution in [2.45, 2.75) is 6.92 Å². The highest BCUT2D eigenvalue weighted by molar-refractivity contribution is 5.99. The van der Waals surface area contributed by atoms with E-state index in [1.165, 1.54) is 0 Å². The van der Waals surface area contributed by atoms with Crippen LogP contribution in [0.25, 0.3) is 0 Å². The van der Waals surface area contributed by atoms with E-state index in [2.05, 4.69) is 27.5 Å². The molecule has 0 bridgehead atoms. The number of carbonyl (C=O) groups excluding carboxylic acids is 1. The van der Waals surface area contributed by atoms with Crippen molar-refractivity contribution in [3.63, 3.8) is 0 Å². The Hall–Kier alpha value is -2.84. The number of nitrogens with zero attached hydrogens (tertiary/aromatic N) is 1. The van der Waals surface area contributed by atoms with Gasteiger partial charge in [0.25, 0.3) is 0 Å². The number of carbonyl (C=O) groups is 1. The molecule has 0 unspecified atom stereocenters. The van der Waals surface area contributed by atoms with E-state index >= 15 is 0 Å². The van der Waals surface area contributed by atoms with Crippen LogP contribution in [-0.4, -0.2) is 22.7 Å². The number of amides is 2. The van der Waals surface area contributed by atoms with Gasteiger partial charge in [-0.05, 0) is 37.1 Å². The van der Waals surface area contributed by atoms with Crippen LogP contribution < -0.4 is 10.6 Å². The Kier molecular flexibility index (Phi) is 4.91. The van der Waals surface area contributed by atoms with E-state index < -0.39 is 0 Å². The van der Waals surface area contributed by atoms with Crippen molar-refractivity contribution in [1.82, 2.24) is 4.98 Å². The van der Waals surface area contributed by atoms with Gasteiger partial charge >= 0.3 is 6.03 Å². The van der Waals surface area contributed by atoms with Crippen LogP contribution in [0.1, 0.15) is 11.3 Å². The molecule has 1 heterocycles. The summed E-state index contributed by atoms with van der Waals surface area (Å²) in [4.78, 5) is 16.0. The number of aliphatic hydroxyl groups is 1. The summed E-state index contributed by atoms with van der Waals surface area (Å²) in [5.41, 5.74) is 2.31. The number of aromatic nitrogens is 1. The molecule has 3 N–H and O–H groups in total. The van der Waals surface area contributed by atoms with Crippen molar-refractivity contribution in [3.8, 4) is 11.8 Å². The number of anilines is 2. The summed E-state index contributed by atoms with van der Waals surface area (Å²) in [6.07, 6.45) is 0. The molecule has 0 aliphatic carbocycles. The number of pyridine rings is 1. The molecule has 1 aromatic carbocycles. The normalized spacial score (nSPS) is 9.43. The van der Waals surface area contributed by atoms with E-state index in [1.54, 1.807) is 18.2 Å². The standard InChI is InChI=1S/C16H15N3O2/c1-12-7-9-14(10-8-12)18-16(21)19-15-6-2-4-13(17-15)5-3-11-20/h2,4,6-10,20H,11H2,1H3,(H2,17,18,19,21). The summed E-state index contributed by atoms with van der Waals surface area (Å²) < 4.78 is 0. The molecule has 0 fully saturated rings. The number of hydrogen-bond acceptors (Lipinski definition) is 3. The van der Waals surface area contributed by atoms with Gasteiger partial charge in [-0.2, -0.15) is 0 Å². The number of nitrogens with one attached hydrogen (secondary N) is 2. The van der Waals surface area contributed by atoms with Gasteiger partial charge in [-0.25, -0.2) is 9.78 Å². The maximum Gasteiger partial charge on any atom is 0.324 e. The van der Waals surface area contributed by atoms with Crippen LogP contribution in [0.3, 0.4) is 0 Å². The zero-order chi connectivity index (χ0) is 15.1. The molecule has 2 amide bonds. The fourth-order valence-corrected chi connectivity index (χ4v) is 1.62. The van der Waals surface area contributed by atoms with E-state index in [9.17, 15) is 4.79 Å². The van der Waals surface area contributed by atoms with Gasteiger partial charge in [0.1, 0.15) is 18.1 Å². The Morgan fingerprint density at radius 2 is 1.95 bits per heavy atom. The average Bonchev–Trinajstić information content (AvgIpc) is 2.48. The molecule has 0 radical (unpaired) electrons. The fourth-order valence-electron chi connectivity index (χ4n) is 1.62. The number of urea groups is 1. The summed E-state index contributed by atoms with van der Waals surface area (Å²) in [6.45, 7) is 1.75. The van der Waals surface area contributed by atoms with Gasteiger partial charge in [0.05, 0.1) is 0 Å². The SMILES string of the molecule is Cc1ccc(NC(=O)Nc2cccc(C#CCO)n2)cc1. The van der Waals surface area contributed by atoms with Gasteiger partial charge in [0.15, 0.2) is 0 Å². The highest BCUT2D eigenvalue weighted by Crippen LogP contribution is 2.10. The van der Waals surface area contributed by atoms with E-state index in [0.29, 0.717) is 17.2 Å². The maximum absolute atomic E-state index is 11.9. The molecule has 106 valence electrons. The van der Waals surface area contributed by atoms with E-state index in [4.69, 9.17) is 5.11 Å². The fraction of sp³-hybridized carbons (Fsp3) is 0.125. The highest BCUT2D eigenvalue weighted by atomic mass is 16.2.